The summed E-state index contributed by atoms with van der Waals surface area (Å²) in [5.41, 5.74) is 1.51. The molecule has 1 aromatic heterocycles. The van der Waals surface area contributed by atoms with Crippen LogP contribution in [0.1, 0.15) is 49.6 Å². The third-order valence-corrected chi connectivity index (χ3v) is 8.14. The van der Waals surface area contributed by atoms with E-state index in [0.717, 1.165) is 16.0 Å². The molecule has 2 heterocycles. The number of esters is 1. The molecule has 0 N–H and O–H groups in total. The van der Waals surface area contributed by atoms with Crippen LogP contribution in [0.4, 0.5) is 17.6 Å². The molecule has 1 spiro atoms. The van der Waals surface area contributed by atoms with Gasteiger partial charge in [0.1, 0.15) is 5.82 Å². The van der Waals surface area contributed by atoms with Crippen molar-refractivity contribution in [1.82, 2.24) is 20.2 Å². The van der Waals surface area contributed by atoms with E-state index >= 15 is 0 Å². The average Bonchev–Trinajstić information content (AvgIpc) is 3.63. The normalized spacial score (nSPS) is 23.0. The summed E-state index contributed by atoms with van der Waals surface area (Å²) in [4.78, 5) is 13.6. The van der Waals surface area contributed by atoms with Crippen LogP contribution in [0.3, 0.4) is 0 Å². The highest BCUT2D eigenvalue weighted by Gasteiger charge is 2.54. The van der Waals surface area contributed by atoms with Crippen molar-refractivity contribution < 1.29 is 31.8 Å². The van der Waals surface area contributed by atoms with Gasteiger partial charge in [-0.15, -0.1) is 16.9 Å². The van der Waals surface area contributed by atoms with Crippen LogP contribution in [0.5, 0.6) is 0 Å². The van der Waals surface area contributed by atoms with E-state index in [1.165, 1.54) is 19.2 Å². The lowest BCUT2D eigenvalue weighted by molar-refractivity contribution is -0.147. The molecule has 0 radical (unpaired) electrons. The molecule has 39 heavy (non-hydrogen) atoms. The van der Waals surface area contributed by atoms with Crippen molar-refractivity contribution in [3.8, 4) is 5.69 Å². The highest BCUT2D eigenvalue weighted by Crippen LogP contribution is 2.54. The van der Waals surface area contributed by atoms with E-state index in [1.807, 2.05) is 19.9 Å². The minimum Gasteiger partial charge on any atom is -0.469 e. The van der Waals surface area contributed by atoms with E-state index in [0.29, 0.717) is 23.1 Å². The van der Waals surface area contributed by atoms with Crippen LogP contribution >= 0.6 is 11.8 Å². The molecule has 1 aliphatic heterocycles. The molecule has 2 aliphatic rings. The monoisotopic (exact) mass is 562 g/mol. The molecule has 206 valence electrons. The average molecular weight is 563 g/mol. The van der Waals surface area contributed by atoms with Crippen molar-refractivity contribution in [3.63, 3.8) is 0 Å². The lowest BCUT2D eigenvalue weighted by Gasteiger charge is -2.31. The zero-order valence-corrected chi connectivity index (χ0v) is 22.2. The number of halogens is 4. The first-order chi connectivity index (χ1) is 18.5. The fourth-order valence-corrected chi connectivity index (χ4v) is 6.47. The maximum Gasteiger partial charge on any atom is 0.453 e. The van der Waals surface area contributed by atoms with Gasteiger partial charge in [-0.1, -0.05) is 26.0 Å². The molecule has 3 atom stereocenters. The summed E-state index contributed by atoms with van der Waals surface area (Å²) < 4.78 is 66.5. The Hall–Kier alpha value is -3.25. The molecule has 5 rings (SSSR count). The van der Waals surface area contributed by atoms with E-state index in [9.17, 15) is 22.4 Å². The SMILES string of the molecule is COC(=O)C1CC[C@@]2(C=C(c3cc(-n4nnnc4C(F)(F)F)ccc3SC(C)C)CO2)[C@@H]1c1ccc(F)cc1. The minimum absolute atomic E-state index is 0.159. The number of tetrazole rings is 1. The van der Waals surface area contributed by atoms with Gasteiger partial charge in [-0.05, 0) is 76.4 Å². The van der Waals surface area contributed by atoms with E-state index in [-0.39, 0.29) is 23.5 Å². The van der Waals surface area contributed by atoms with Gasteiger partial charge >= 0.3 is 12.1 Å². The maximum atomic E-state index is 13.7. The van der Waals surface area contributed by atoms with Crippen LogP contribution in [-0.4, -0.2) is 50.7 Å². The van der Waals surface area contributed by atoms with Gasteiger partial charge in [-0.2, -0.15) is 17.9 Å². The molecule has 12 heteroatoms. The maximum absolute atomic E-state index is 13.7. The minimum atomic E-state index is -4.73. The van der Waals surface area contributed by atoms with Gasteiger partial charge in [-0.25, -0.2) is 4.39 Å². The number of benzene rings is 2. The summed E-state index contributed by atoms with van der Waals surface area (Å²) in [5.74, 6) is -2.91. The van der Waals surface area contributed by atoms with Crippen molar-refractivity contribution >= 4 is 23.3 Å². The number of rotatable bonds is 6. The van der Waals surface area contributed by atoms with Crippen molar-refractivity contribution in [2.75, 3.05) is 13.7 Å². The summed E-state index contributed by atoms with van der Waals surface area (Å²) in [6, 6.07) is 10.9. The molecule has 0 bridgehead atoms. The Kier molecular flexibility index (Phi) is 7.27. The predicted molar refractivity (Wildman–Crippen MR) is 136 cm³/mol. The highest BCUT2D eigenvalue weighted by molar-refractivity contribution is 8.00. The highest BCUT2D eigenvalue weighted by atomic mass is 32.2. The van der Waals surface area contributed by atoms with Gasteiger partial charge in [0.2, 0.25) is 0 Å². The van der Waals surface area contributed by atoms with Crippen LogP contribution in [-0.2, 0) is 20.4 Å². The number of alkyl halides is 3. The molecular weight excluding hydrogens is 536 g/mol. The standard InChI is InChI=1S/C27H26F4N4O3S/c1-15(2)39-22-9-8-19(35-25(27(29,30)31)32-33-34-35)12-21(22)17-13-26(38-14-17)11-10-20(24(36)37-3)23(26)16-4-6-18(28)7-5-16/h4-9,12-13,15,20,23H,10-11,14H2,1-3H3/t20?,23-,26-/m1/s1. The Morgan fingerprint density at radius 3 is 2.62 bits per heavy atom. The smallest absolute Gasteiger partial charge is 0.453 e. The molecule has 1 aliphatic carbocycles. The quantitative estimate of drug-likeness (QED) is 0.212. The molecule has 1 saturated carbocycles. The van der Waals surface area contributed by atoms with E-state index in [1.54, 1.807) is 42.1 Å². The van der Waals surface area contributed by atoms with Crippen molar-refractivity contribution in [2.45, 2.75) is 54.5 Å². The van der Waals surface area contributed by atoms with Crippen molar-refractivity contribution in [1.29, 1.82) is 0 Å². The van der Waals surface area contributed by atoms with Crippen LogP contribution in [0, 0.1) is 11.7 Å². The molecule has 1 unspecified atom stereocenters. The Labute approximate surface area is 226 Å². The Bertz CT molecular complexity index is 1410. The third-order valence-electron chi connectivity index (χ3n) is 7.06. The second-order valence-corrected chi connectivity index (χ2v) is 11.5. The number of carbonyl (C=O) groups excluding carboxylic acids is 1. The zero-order chi connectivity index (χ0) is 27.9. The fourth-order valence-electron chi connectivity index (χ4n) is 5.50. The molecule has 1 fully saturated rings. The predicted octanol–water partition coefficient (Wildman–Crippen LogP) is 5.84. The summed E-state index contributed by atoms with van der Waals surface area (Å²) >= 11 is 1.57. The number of nitrogens with zero attached hydrogens (tertiary/aromatic N) is 4. The number of hydrogen-bond acceptors (Lipinski definition) is 7. The number of thioether (sulfide) groups is 1. The van der Waals surface area contributed by atoms with Crippen molar-refractivity contribution in [3.05, 3.63) is 71.3 Å². The van der Waals surface area contributed by atoms with Crippen LogP contribution in [0.2, 0.25) is 0 Å². The van der Waals surface area contributed by atoms with Crippen LogP contribution in [0.25, 0.3) is 11.3 Å². The molecular formula is C27H26F4N4O3S. The number of hydrogen-bond donors (Lipinski definition) is 0. The van der Waals surface area contributed by atoms with Crippen LogP contribution in [0.15, 0.2) is 53.4 Å². The van der Waals surface area contributed by atoms with Gasteiger partial charge in [0.05, 0.1) is 30.9 Å². The zero-order valence-electron chi connectivity index (χ0n) is 21.4. The fraction of sp³-hybridized carbons (Fsp3) is 0.407. The Balaban J connectivity index is 1.61. The first-order valence-electron chi connectivity index (χ1n) is 12.4. The molecule has 3 aromatic rings. The number of aromatic nitrogens is 4. The van der Waals surface area contributed by atoms with Gasteiger partial charge in [0.25, 0.3) is 5.82 Å². The third kappa shape index (κ3) is 5.19. The molecule has 0 amide bonds. The van der Waals surface area contributed by atoms with E-state index in [2.05, 4.69) is 15.5 Å². The largest absolute Gasteiger partial charge is 0.469 e. The Morgan fingerprint density at radius 2 is 1.95 bits per heavy atom. The summed E-state index contributed by atoms with van der Waals surface area (Å²) in [6.07, 6.45) is -1.73. The van der Waals surface area contributed by atoms with Gasteiger partial charge < -0.3 is 9.47 Å². The second kappa shape index (κ2) is 10.4. The topological polar surface area (TPSA) is 79.1 Å². The summed E-state index contributed by atoms with van der Waals surface area (Å²) in [6.45, 7) is 4.23. The number of carbonyl (C=O) groups is 1. The van der Waals surface area contributed by atoms with Gasteiger partial charge in [0.15, 0.2) is 0 Å². The molecule has 0 saturated heterocycles. The van der Waals surface area contributed by atoms with Gasteiger partial charge in [-0.3, -0.25) is 4.79 Å². The van der Waals surface area contributed by atoms with E-state index in [4.69, 9.17) is 9.47 Å². The number of ether oxygens (including phenoxy) is 2. The van der Waals surface area contributed by atoms with Crippen LogP contribution < -0.4 is 0 Å². The first-order valence-corrected chi connectivity index (χ1v) is 13.3. The van der Waals surface area contributed by atoms with Crippen molar-refractivity contribution in [2.24, 2.45) is 5.92 Å². The van der Waals surface area contributed by atoms with Gasteiger partial charge in [0, 0.05) is 16.1 Å². The lowest BCUT2D eigenvalue weighted by atomic mass is 9.79. The summed E-state index contributed by atoms with van der Waals surface area (Å²) in [5, 5.41) is 10.2. The number of methoxy groups -OCH3 is 1. The van der Waals surface area contributed by atoms with E-state index < -0.39 is 35.3 Å². The molecule has 2 aromatic carbocycles. The Morgan fingerprint density at radius 1 is 1.21 bits per heavy atom. The molecule has 7 nitrogen and oxygen atoms in total. The summed E-state index contributed by atoms with van der Waals surface area (Å²) in [7, 11) is 1.33. The lowest BCUT2D eigenvalue weighted by Crippen LogP contribution is -2.34. The second-order valence-electron chi connectivity index (χ2n) is 9.87. The first kappa shape index (κ1) is 27.3.